The Morgan fingerprint density at radius 1 is 1.12 bits per heavy atom. The first kappa shape index (κ1) is 15.0. The third kappa shape index (κ3) is 2.50. The number of carbonyl (C=O) groups is 1. The first-order chi connectivity index (χ1) is 11.6. The number of rotatable bonds is 2. The van der Waals surface area contributed by atoms with Crippen LogP contribution in [0.25, 0.3) is 11.0 Å². The molecular weight excluding hydrogens is 300 g/mol. The second-order valence-corrected chi connectivity index (χ2v) is 6.64. The van der Waals surface area contributed by atoms with Crippen molar-refractivity contribution in [3.8, 4) is 0 Å². The van der Waals surface area contributed by atoms with Crippen molar-refractivity contribution in [1.82, 2.24) is 19.4 Å². The van der Waals surface area contributed by atoms with Crippen molar-refractivity contribution in [2.45, 2.75) is 32.7 Å². The van der Waals surface area contributed by atoms with Crippen molar-refractivity contribution < 1.29 is 4.79 Å². The SMILES string of the molecule is Cc1ccc(C)n1C1CCN(C(=O)c2ccc3nc[nH]c3c2)CC1. The van der Waals surface area contributed by atoms with Crippen LogP contribution in [0.3, 0.4) is 0 Å². The maximum Gasteiger partial charge on any atom is 0.253 e. The quantitative estimate of drug-likeness (QED) is 0.785. The third-order valence-corrected chi connectivity index (χ3v) is 5.11. The number of carbonyl (C=O) groups excluding carboxylic acids is 1. The number of piperidine rings is 1. The number of aryl methyl sites for hydroxylation is 2. The van der Waals surface area contributed by atoms with E-state index in [1.165, 1.54) is 11.4 Å². The average Bonchev–Trinajstić information content (AvgIpc) is 3.20. The van der Waals surface area contributed by atoms with Gasteiger partial charge in [0.2, 0.25) is 0 Å². The number of hydrogen-bond donors (Lipinski definition) is 1. The highest BCUT2D eigenvalue weighted by Crippen LogP contribution is 2.27. The van der Waals surface area contributed by atoms with Crippen LogP contribution in [0, 0.1) is 13.8 Å². The molecule has 0 radical (unpaired) electrons. The molecule has 1 aromatic carbocycles. The molecule has 1 aliphatic heterocycles. The van der Waals surface area contributed by atoms with E-state index < -0.39 is 0 Å². The van der Waals surface area contributed by atoms with Gasteiger partial charge in [0, 0.05) is 36.1 Å². The van der Waals surface area contributed by atoms with Gasteiger partial charge in [-0.25, -0.2) is 4.98 Å². The summed E-state index contributed by atoms with van der Waals surface area (Å²) in [5, 5.41) is 0. The van der Waals surface area contributed by atoms with Crippen molar-refractivity contribution in [2.75, 3.05) is 13.1 Å². The van der Waals surface area contributed by atoms with Gasteiger partial charge >= 0.3 is 0 Å². The highest BCUT2D eigenvalue weighted by atomic mass is 16.2. The van der Waals surface area contributed by atoms with Gasteiger partial charge in [0.05, 0.1) is 17.4 Å². The zero-order valence-electron chi connectivity index (χ0n) is 14.1. The average molecular weight is 322 g/mol. The fraction of sp³-hybridized carbons (Fsp3) is 0.368. The van der Waals surface area contributed by atoms with Crippen molar-refractivity contribution in [3.63, 3.8) is 0 Å². The molecule has 0 atom stereocenters. The van der Waals surface area contributed by atoms with E-state index in [2.05, 4.69) is 40.5 Å². The lowest BCUT2D eigenvalue weighted by atomic mass is 10.0. The molecule has 0 spiro atoms. The van der Waals surface area contributed by atoms with Gasteiger partial charge in [-0.3, -0.25) is 4.79 Å². The Kier molecular flexibility index (Phi) is 3.63. The standard InChI is InChI=1S/C19H22N4O/c1-13-3-4-14(2)23(13)16-7-9-22(10-8-16)19(24)15-5-6-17-18(11-15)21-12-20-17/h3-6,11-12,16H,7-10H2,1-2H3,(H,20,21). The summed E-state index contributed by atoms with van der Waals surface area (Å²) < 4.78 is 2.42. The molecule has 1 amide bonds. The Hall–Kier alpha value is -2.56. The minimum absolute atomic E-state index is 0.117. The highest BCUT2D eigenvalue weighted by molar-refractivity contribution is 5.97. The smallest absolute Gasteiger partial charge is 0.253 e. The number of nitrogens with one attached hydrogen (secondary N) is 1. The second kappa shape index (κ2) is 5.82. The molecule has 1 aliphatic rings. The summed E-state index contributed by atoms with van der Waals surface area (Å²) in [6.45, 7) is 5.93. The molecule has 124 valence electrons. The Labute approximate surface area is 141 Å². The maximum absolute atomic E-state index is 12.8. The number of nitrogens with zero attached hydrogens (tertiary/aromatic N) is 3. The van der Waals surface area contributed by atoms with Gasteiger partial charge in [-0.1, -0.05) is 0 Å². The molecule has 3 heterocycles. The number of aromatic nitrogens is 3. The largest absolute Gasteiger partial charge is 0.346 e. The number of aromatic amines is 1. The first-order valence-electron chi connectivity index (χ1n) is 8.50. The Morgan fingerprint density at radius 2 is 1.83 bits per heavy atom. The fourth-order valence-electron chi connectivity index (χ4n) is 3.83. The van der Waals surface area contributed by atoms with Crippen molar-refractivity contribution in [3.05, 3.63) is 53.6 Å². The maximum atomic E-state index is 12.8. The van der Waals surface area contributed by atoms with Gasteiger partial charge in [0.25, 0.3) is 5.91 Å². The summed E-state index contributed by atoms with van der Waals surface area (Å²) in [6, 6.07) is 10.5. The van der Waals surface area contributed by atoms with E-state index in [4.69, 9.17) is 0 Å². The van der Waals surface area contributed by atoms with Gasteiger partial charge in [-0.2, -0.15) is 0 Å². The van der Waals surface area contributed by atoms with Crippen LogP contribution in [0.1, 0.15) is 40.6 Å². The van der Waals surface area contributed by atoms with Crippen LogP contribution >= 0.6 is 0 Å². The predicted octanol–water partition coefficient (Wildman–Crippen LogP) is 3.46. The first-order valence-corrected chi connectivity index (χ1v) is 8.50. The molecule has 2 aromatic heterocycles. The van der Waals surface area contributed by atoms with Gasteiger partial charge in [-0.05, 0) is 57.0 Å². The third-order valence-electron chi connectivity index (χ3n) is 5.11. The molecule has 1 N–H and O–H groups in total. The lowest BCUT2D eigenvalue weighted by molar-refractivity contribution is 0.0694. The predicted molar refractivity (Wildman–Crippen MR) is 94.2 cm³/mol. The van der Waals surface area contributed by atoms with Gasteiger partial charge in [0.15, 0.2) is 0 Å². The molecule has 1 saturated heterocycles. The summed E-state index contributed by atoms with van der Waals surface area (Å²) in [5.41, 5.74) is 5.15. The summed E-state index contributed by atoms with van der Waals surface area (Å²) in [7, 11) is 0. The molecule has 0 saturated carbocycles. The van der Waals surface area contributed by atoms with Crippen LogP contribution in [0.5, 0.6) is 0 Å². The van der Waals surface area contributed by atoms with E-state index in [-0.39, 0.29) is 5.91 Å². The van der Waals surface area contributed by atoms with Crippen molar-refractivity contribution in [2.24, 2.45) is 0 Å². The molecule has 4 rings (SSSR count). The Bertz CT molecular complexity index is 864. The zero-order valence-corrected chi connectivity index (χ0v) is 14.1. The van der Waals surface area contributed by atoms with Gasteiger partial charge in [0.1, 0.15) is 0 Å². The number of benzene rings is 1. The minimum atomic E-state index is 0.117. The van der Waals surface area contributed by atoms with Crippen LogP contribution in [0.2, 0.25) is 0 Å². The lowest BCUT2D eigenvalue weighted by Crippen LogP contribution is -2.39. The van der Waals surface area contributed by atoms with Crippen molar-refractivity contribution in [1.29, 1.82) is 0 Å². The minimum Gasteiger partial charge on any atom is -0.346 e. The molecule has 0 aliphatic carbocycles. The van der Waals surface area contributed by atoms with E-state index >= 15 is 0 Å². The molecular formula is C19H22N4O. The highest BCUT2D eigenvalue weighted by Gasteiger charge is 2.25. The molecule has 3 aromatic rings. The molecule has 5 nitrogen and oxygen atoms in total. The summed E-state index contributed by atoms with van der Waals surface area (Å²) in [6.07, 6.45) is 3.68. The van der Waals surface area contributed by atoms with E-state index in [1.54, 1.807) is 6.33 Å². The molecule has 1 fully saturated rings. The Balaban J connectivity index is 1.48. The van der Waals surface area contributed by atoms with E-state index in [0.717, 1.165) is 42.5 Å². The van der Waals surface area contributed by atoms with Crippen LogP contribution in [0.4, 0.5) is 0 Å². The zero-order chi connectivity index (χ0) is 16.7. The Morgan fingerprint density at radius 3 is 2.54 bits per heavy atom. The van der Waals surface area contributed by atoms with Crippen LogP contribution in [0.15, 0.2) is 36.7 Å². The molecule has 24 heavy (non-hydrogen) atoms. The number of H-pyrrole nitrogens is 1. The van der Waals surface area contributed by atoms with E-state index in [0.29, 0.717) is 6.04 Å². The number of hydrogen-bond acceptors (Lipinski definition) is 2. The number of fused-ring (bicyclic) bond motifs is 1. The molecule has 0 unspecified atom stereocenters. The topological polar surface area (TPSA) is 53.9 Å². The number of imidazole rings is 1. The van der Waals surface area contributed by atoms with Gasteiger partial charge in [-0.15, -0.1) is 0 Å². The van der Waals surface area contributed by atoms with Crippen LogP contribution in [-0.2, 0) is 0 Å². The van der Waals surface area contributed by atoms with Crippen LogP contribution < -0.4 is 0 Å². The molecule has 0 bridgehead atoms. The van der Waals surface area contributed by atoms with Crippen LogP contribution in [-0.4, -0.2) is 38.4 Å². The monoisotopic (exact) mass is 322 g/mol. The lowest BCUT2D eigenvalue weighted by Gasteiger charge is -2.34. The van der Waals surface area contributed by atoms with E-state index in [9.17, 15) is 4.79 Å². The molecule has 5 heteroatoms. The summed E-state index contributed by atoms with van der Waals surface area (Å²) in [4.78, 5) is 22.0. The van der Waals surface area contributed by atoms with E-state index in [1.807, 2.05) is 23.1 Å². The fourth-order valence-corrected chi connectivity index (χ4v) is 3.83. The van der Waals surface area contributed by atoms with Crippen molar-refractivity contribution >= 4 is 16.9 Å². The number of likely N-dealkylation sites (tertiary alicyclic amines) is 1. The summed E-state index contributed by atoms with van der Waals surface area (Å²) >= 11 is 0. The second-order valence-electron chi connectivity index (χ2n) is 6.64. The van der Waals surface area contributed by atoms with Gasteiger partial charge < -0.3 is 14.5 Å². The summed E-state index contributed by atoms with van der Waals surface area (Å²) in [5.74, 6) is 0.117. The number of amides is 1. The normalized spacial score (nSPS) is 16.0.